The van der Waals surface area contributed by atoms with Gasteiger partial charge in [0, 0.05) is 17.0 Å². The average molecular weight is 411 g/mol. The molecule has 1 saturated heterocycles. The van der Waals surface area contributed by atoms with Crippen LogP contribution in [0.15, 0.2) is 18.2 Å². The molecule has 2 unspecified atom stereocenters. The maximum absolute atomic E-state index is 14.0. The Balaban J connectivity index is 2.57. The second-order valence-corrected chi connectivity index (χ2v) is 12.9. The summed E-state index contributed by atoms with van der Waals surface area (Å²) in [4.78, 5) is 12.6. The van der Waals surface area contributed by atoms with Crippen LogP contribution in [0.25, 0.3) is 0 Å². The predicted molar refractivity (Wildman–Crippen MR) is 113 cm³/mol. The number of amides is 1. The van der Waals surface area contributed by atoms with E-state index >= 15 is 0 Å². The van der Waals surface area contributed by atoms with Crippen molar-refractivity contribution < 1.29 is 23.9 Å². The first-order chi connectivity index (χ1) is 12.9. The van der Waals surface area contributed by atoms with Gasteiger partial charge in [0.25, 0.3) is 0 Å². The van der Waals surface area contributed by atoms with Gasteiger partial charge in [-0.15, -0.1) is 0 Å². The summed E-state index contributed by atoms with van der Waals surface area (Å²) in [5.74, 6) is 0.198. The number of nitrogens with one attached hydrogen (secondary N) is 1. The fourth-order valence-corrected chi connectivity index (χ4v) is 5.20. The maximum atomic E-state index is 14.0. The molecule has 2 N–H and O–H groups in total. The first-order valence-electron chi connectivity index (χ1n) is 9.83. The molecule has 1 aliphatic heterocycles. The summed E-state index contributed by atoms with van der Waals surface area (Å²) in [5.41, 5.74) is -0.202. The summed E-state index contributed by atoms with van der Waals surface area (Å²) < 4.78 is 25.8. The van der Waals surface area contributed by atoms with Gasteiger partial charge in [0.2, 0.25) is 5.91 Å². The highest BCUT2D eigenvalue weighted by Gasteiger charge is 2.42. The number of hydrogen-bond acceptors (Lipinski definition) is 5. The van der Waals surface area contributed by atoms with Gasteiger partial charge in [0.05, 0.1) is 17.6 Å². The smallest absolute Gasteiger partial charge is 0.229 e. The molecule has 1 aromatic carbocycles. The summed E-state index contributed by atoms with van der Waals surface area (Å²) >= 11 is 0. The van der Waals surface area contributed by atoms with Crippen LogP contribution in [0.1, 0.15) is 60.8 Å². The Kier molecular flexibility index (Phi) is 7.01. The third kappa shape index (κ3) is 4.97. The van der Waals surface area contributed by atoms with Gasteiger partial charge < -0.3 is 24.5 Å². The molecule has 0 saturated carbocycles. The van der Waals surface area contributed by atoms with Crippen LogP contribution in [0, 0.1) is 5.41 Å². The van der Waals surface area contributed by atoms with Crippen molar-refractivity contribution in [2.45, 2.75) is 72.3 Å². The molecular formula is C21H34NO5P. The normalized spacial score (nSPS) is 20.3. The van der Waals surface area contributed by atoms with Gasteiger partial charge in [-0.25, -0.2) is 0 Å². The zero-order valence-electron chi connectivity index (χ0n) is 17.9. The number of rotatable bonds is 5. The van der Waals surface area contributed by atoms with Crippen molar-refractivity contribution in [3.63, 3.8) is 0 Å². The van der Waals surface area contributed by atoms with Crippen LogP contribution in [0.3, 0.4) is 0 Å². The van der Waals surface area contributed by atoms with Crippen LogP contribution < -0.4 is 15.4 Å². The largest absolute Gasteiger partial charge is 0.464 e. The summed E-state index contributed by atoms with van der Waals surface area (Å²) in [6.07, 6.45) is 1.80. The Morgan fingerprint density at radius 2 is 1.93 bits per heavy atom. The first-order valence-corrected chi connectivity index (χ1v) is 11.7. The molecule has 28 heavy (non-hydrogen) atoms. The molecule has 1 amide bonds. The Morgan fingerprint density at radius 1 is 1.25 bits per heavy atom. The second kappa shape index (κ2) is 8.56. The fraction of sp³-hybridized carbons (Fsp3) is 0.667. The molecule has 0 radical (unpaired) electrons. The Hall–Kier alpha value is -1.36. The van der Waals surface area contributed by atoms with Gasteiger partial charge in [-0.1, -0.05) is 47.6 Å². The molecule has 0 aliphatic carbocycles. The third-order valence-electron chi connectivity index (χ3n) is 4.97. The SMILES string of the molecule is CC(C)(C)C(=O)Nc1cccc(OC2CCCCO2)c1P(=O)(CO)C(C)(C)C. The van der Waals surface area contributed by atoms with Crippen molar-refractivity contribution in [3.8, 4) is 5.75 Å². The van der Waals surface area contributed by atoms with Gasteiger partial charge in [-0.2, -0.15) is 0 Å². The Morgan fingerprint density at radius 3 is 2.43 bits per heavy atom. The topological polar surface area (TPSA) is 84.9 Å². The standard InChI is InChI=1S/C21H34NO5P/c1-20(2,3)19(24)22-15-10-9-11-16(27-17-12-7-8-13-26-17)18(15)28(25,14-23)21(4,5)6/h9-11,17,23H,7-8,12-14H2,1-6H3,(H,22,24). The van der Waals surface area contributed by atoms with Crippen LogP contribution in [-0.4, -0.2) is 35.4 Å². The van der Waals surface area contributed by atoms with E-state index < -0.39 is 30.4 Å². The van der Waals surface area contributed by atoms with Crippen molar-refractivity contribution in [1.29, 1.82) is 0 Å². The molecule has 6 nitrogen and oxygen atoms in total. The van der Waals surface area contributed by atoms with E-state index in [4.69, 9.17) is 9.47 Å². The molecule has 0 bridgehead atoms. The van der Waals surface area contributed by atoms with Crippen molar-refractivity contribution in [3.05, 3.63) is 18.2 Å². The predicted octanol–water partition coefficient (Wildman–Crippen LogP) is 4.31. The van der Waals surface area contributed by atoms with E-state index in [0.717, 1.165) is 19.3 Å². The molecule has 7 heteroatoms. The third-order valence-corrected chi connectivity index (χ3v) is 8.72. The zero-order chi connectivity index (χ0) is 21.2. The van der Waals surface area contributed by atoms with Gasteiger partial charge in [0.1, 0.15) is 19.2 Å². The Labute approximate surface area is 168 Å². The highest BCUT2D eigenvalue weighted by Crippen LogP contribution is 2.59. The second-order valence-electron chi connectivity index (χ2n) is 9.32. The number of aliphatic hydroxyl groups excluding tert-OH is 1. The minimum Gasteiger partial charge on any atom is -0.464 e. The van der Waals surface area contributed by atoms with Gasteiger partial charge in [-0.3, -0.25) is 4.79 Å². The number of carbonyl (C=O) groups is 1. The molecule has 2 atom stereocenters. The van der Waals surface area contributed by atoms with E-state index in [1.165, 1.54) is 0 Å². The molecular weight excluding hydrogens is 377 g/mol. The van der Waals surface area contributed by atoms with Crippen LogP contribution >= 0.6 is 7.14 Å². The molecule has 1 fully saturated rings. The molecule has 1 aromatic rings. The average Bonchev–Trinajstić information content (AvgIpc) is 2.60. The van der Waals surface area contributed by atoms with E-state index in [9.17, 15) is 14.5 Å². The van der Waals surface area contributed by atoms with Crippen molar-refractivity contribution in [1.82, 2.24) is 0 Å². The highest BCUT2D eigenvalue weighted by molar-refractivity contribution is 7.73. The highest BCUT2D eigenvalue weighted by atomic mass is 31.2. The van der Waals surface area contributed by atoms with Crippen LogP contribution in [-0.2, 0) is 14.1 Å². The molecule has 2 rings (SSSR count). The lowest BCUT2D eigenvalue weighted by atomic mass is 9.95. The number of carbonyl (C=O) groups excluding carboxylic acids is 1. The number of aliphatic hydroxyl groups is 1. The minimum atomic E-state index is -3.33. The monoisotopic (exact) mass is 411 g/mol. The van der Waals surface area contributed by atoms with E-state index in [-0.39, 0.29) is 5.91 Å². The number of benzene rings is 1. The lowest BCUT2D eigenvalue weighted by Gasteiger charge is -2.34. The first kappa shape index (κ1) is 22.9. The van der Waals surface area contributed by atoms with Crippen LogP contribution in [0.4, 0.5) is 5.69 Å². The lowest BCUT2D eigenvalue weighted by Crippen LogP contribution is -2.34. The molecule has 1 heterocycles. The lowest BCUT2D eigenvalue weighted by molar-refractivity contribution is -0.123. The van der Waals surface area contributed by atoms with E-state index in [0.29, 0.717) is 23.3 Å². The minimum absolute atomic E-state index is 0.196. The van der Waals surface area contributed by atoms with Crippen LogP contribution in [0.2, 0.25) is 0 Å². The van der Waals surface area contributed by atoms with Gasteiger partial charge >= 0.3 is 0 Å². The van der Waals surface area contributed by atoms with Crippen molar-refractivity contribution in [2.24, 2.45) is 5.41 Å². The van der Waals surface area contributed by atoms with Crippen molar-refractivity contribution in [2.75, 3.05) is 18.3 Å². The van der Waals surface area contributed by atoms with E-state index in [1.807, 2.05) is 41.5 Å². The quantitative estimate of drug-likeness (QED) is 0.705. The molecule has 0 aromatic heterocycles. The Bertz CT molecular complexity index is 742. The molecule has 1 aliphatic rings. The molecule has 158 valence electrons. The van der Waals surface area contributed by atoms with Gasteiger partial charge in [-0.05, 0) is 25.0 Å². The summed E-state index contributed by atoms with van der Waals surface area (Å²) in [5, 5.41) is 12.7. The van der Waals surface area contributed by atoms with E-state index in [2.05, 4.69) is 5.32 Å². The summed E-state index contributed by atoms with van der Waals surface area (Å²) in [6.45, 7) is 11.5. The fourth-order valence-electron chi connectivity index (χ4n) is 2.96. The van der Waals surface area contributed by atoms with Gasteiger partial charge in [0.15, 0.2) is 6.29 Å². The summed E-state index contributed by atoms with van der Waals surface area (Å²) in [7, 11) is -3.33. The number of hydrogen-bond donors (Lipinski definition) is 2. The van der Waals surface area contributed by atoms with Crippen LogP contribution in [0.5, 0.6) is 5.75 Å². The maximum Gasteiger partial charge on any atom is 0.229 e. The zero-order valence-corrected chi connectivity index (χ0v) is 18.8. The number of ether oxygens (including phenoxy) is 2. The molecule has 0 spiro atoms. The summed E-state index contributed by atoms with van der Waals surface area (Å²) in [6, 6.07) is 5.19. The van der Waals surface area contributed by atoms with E-state index in [1.54, 1.807) is 18.2 Å². The van der Waals surface area contributed by atoms with Crippen molar-refractivity contribution >= 4 is 24.0 Å². The number of anilines is 1.